The van der Waals surface area contributed by atoms with E-state index in [2.05, 4.69) is 20.2 Å². The topological polar surface area (TPSA) is 85.0 Å². The molecule has 162 valence electrons. The van der Waals surface area contributed by atoms with Crippen LogP contribution in [-0.2, 0) is 19.8 Å². The molecular formula is C22H25FN6O2. The van der Waals surface area contributed by atoms with E-state index in [0.29, 0.717) is 29.4 Å². The fraction of sp³-hybridized carbons (Fsp3) is 0.455. The molecule has 5 rings (SSSR count). The molecular weight excluding hydrogens is 399 g/mol. The molecule has 5 heterocycles. The summed E-state index contributed by atoms with van der Waals surface area (Å²) >= 11 is 0. The summed E-state index contributed by atoms with van der Waals surface area (Å²) in [7, 11) is 0. The van der Waals surface area contributed by atoms with Gasteiger partial charge in [-0.2, -0.15) is 0 Å². The average Bonchev–Trinajstić information content (AvgIpc) is 3.19. The summed E-state index contributed by atoms with van der Waals surface area (Å²) in [4.78, 5) is 35.5. The summed E-state index contributed by atoms with van der Waals surface area (Å²) in [6.07, 6.45) is 5.09. The summed E-state index contributed by atoms with van der Waals surface area (Å²) in [6.45, 7) is 3.29. The van der Waals surface area contributed by atoms with Crippen molar-refractivity contribution in [3.63, 3.8) is 0 Å². The van der Waals surface area contributed by atoms with Gasteiger partial charge in [0, 0.05) is 37.9 Å². The van der Waals surface area contributed by atoms with E-state index < -0.39 is 6.67 Å². The fourth-order valence-corrected chi connectivity index (χ4v) is 4.68. The first kappa shape index (κ1) is 20.0. The Morgan fingerprint density at radius 2 is 1.87 bits per heavy atom. The van der Waals surface area contributed by atoms with Crippen molar-refractivity contribution in [1.29, 1.82) is 0 Å². The Kier molecular flexibility index (Phi) is 5.37. The van der Waals surface area contributed by atoms with Crippen LogP contribution in [0.15, 0.2) is 46.2 Å². The predicted molar refractivity (Wildman–Crippen MR) is 115 cm³/mol. The van der Waals surface area contributed by atoms with E-state index in [1.54, 1.807) is 27.5 Å². The van der Waals surface area contributed by atoms with Gasteiger partial charge in [-0.1, -0.05) is 6.07 Å². The van der Waals surface area contributed by atoms with Gasteiger partial charge >= 0.3 is 0 Å². The van der Waals surface area contributed by atoms with Crippen molar-refractivity contribution in [3.05, 3.63) is 68.6 Å². The maximum absolute atomic E-state index is 12.6. The van der Waals surface area contributed by atoms with Crippen molar-refractivity contribution in [2.75, 3.05) is 19.6 Å². The highest BCUT2D eigenvalue weighted by Crippen LogP contribution is 2.24. The van der Waals surface area contributed by atoms with E-state index in [1.807, 2.05) is 6.07 Å². The third kappa shape index (κ3) is 3.90. The number of pyridine rings is 2. The van der Waals surface area contributed by atoms with Crippen LogP contribution in [0.2, 0.25) is 0 Å². The van der Waals surface area contributed by atoms with Gasteiger partial charge in [-0.3, -0.25) is 23.7 Å². The van der Waals surface area contributed by atoms with E-state index in [9.17, 15) is 14.0 Å². The summed E-state index contributed by atoms with van der Waals surface area (Å²) < 4.78 is 16.0. The zero-order chi connectivity index (χ0) is 21.4. The number of hydrogen-bond donors (Lipinski definition) is 1. The van der Waals surface area contributed by atoms with Crippen molar-refractivity contribution in [1.82, 2.24) is 29.3 Å². The normalized spacial score (nSPS) is 19.3. The lowest BCUT2D eigenvalue weighted by molar-refractivity contribution is 0.171. The zero-order valence-electron chi connectivity index (χ0n) is 17.2. The minimum absolute atomic E-state index is 0.0577. The SMILES string of the molecule is O=c1ccc2ncc(=O)n3c2n1C[C@H]3CN1CCC(NCc2ccc(CF)nc2)CC1. The molecule has 0 aromatic carbocycles. The van der Waals surface area contributed by atoms with Crippen molar-refractivity contribution >= 4 is 11.2 Å². The molecule has 0 bridgehead atoms. The second kappa shape index (κ2) is 8.32. The van der Waals surface area contributed by atoms with Crippen LogP contribution in [0.5, 0.6) is 0 Å². The minimum atomic E-state index is -0.538. The van der Waals surface area contributed by atoms with Gasteiger partial charge in [0.1, 0.15) is 17.8 Å². The number of halogens is 1. The van der Waals surface area contributed by atoms with Crippen molar-refractivity contribution < 1.29 is 4.39 Å². The van der Waals surface area contributed by atoms with Gasteiger partial charge in [0.15, 0.2) is 0 Å². The molecule has 1 N–H and O–H groups in total. The van der Waals surface area contributed by atoms with Crippen LogP contribution in [0.25, 0.3) is 11.2 Å². The van der Waals surface area contributed by atoms with Gasteiger partial charge < -0.3 is 10.2 Å². The molecule has 0 aliphatic carbocycles. The number of likely N-dealkylation sites (tertiary alicyclic amines) is 1. The summed E-state index contributed by atoms with van der Waals surface area (Å²) in [5.74, 6) is 0. The third-order valence-corrected chi connectivity index (χ3v) is 6.35. The second-order valence-electron chi connectivity index (χ2n) is 8.36. The van der Waals surface area contributed by atoms with E-state index in [-0.39, 0.29) is 17.2 Å². The Morgan fingerprint density at radius 3 is 2.61 bits per heavy atom. The Labute approximate surface area is 178 Å². The number of piperidine rings is 1. The van der Waals surface area contributed by atoms with Crippen LogP contribution in [0, 0.1) is 0 Å². The summed E-state index contributed by atoms with van der Waals surface area (Å²) in [5.41, 5.74) is 2.58. The molecule has 0 amide bonds. The minimum Gasteiger partial charge on any atom is -0.310 e. The van der Waals surface area contributed by atoms with Crippen molar-refractivity contribution in [2.45, 2.75) is 44.7 Å². The molecule has 3 aromatic heterocycles. The van der Waals surface area contributed by atoms with Crippen molar-refractivity contribution in [3.8, 4) is 0 Å². The van der Waals surface area contributed by atoms with Gasteiger partial charge in [0.2, 0.25) is 0 Å². The molecule has 2 aliphatic rings. The monoisotopic (exact) mass is 424 g/mol. The fourth-order valence-electron chi connectivity index (χ4n) is 4.68. The standard InChI is InChI=1S/C22H25FN6O2/c23-9-17-2-1-15(11-25-17)10-24-16-5-7-27(8-6-16)13-18-14-28-20(30)4-3-19-22(28)29(18)21(31)12-26-19/h1-4,11-12,16,18,24H,5-10,13-14H2/t18-/m1/s1. The van der Waals surface area contributed by atoms with E-state index >= 15 is 0 Å². The average molecular weight is 424 g/mol. The van der Waals surface area contributed by atoms with Crippen molar-refractivity contribution in [2.24, 2.45) is 0 Å². The predicted octanol–water partition coefficient (Wildman–Crippen LogP) is 1.23. The molecule has 0 unspecified atom stereocenters. The molecule has 1 saturated heterocycles. The van der Waals surface area contributed by atoms with Crippen LogP contribution in [0.4, 0.5) is 4.39 Å². The van der Waals surface area contributed by atoms with Crippen LogP contribution in [0.3, 0.4) is 0 Å². The number of alkyl halides is 1. The summed E-state index contributed by atoms with van der Waals surface area (Å²) in [6, 6.07) is 7.20. The number of aromatic nitrogens is 4. The van der Waals surface area contributed by atoms with Gasteiger partial charge in [0.05, 0.1) is 17.9 Å². The molecule has 0 saturated carbocycles. The molecule has 0 spiro atoms. The number of nitrogens with one attached hydrogen (secondary N) is 1. The highest BCUT2D eigenvalue weighted by atomic mass is 19.1. The molecule has 2 aliphatic heterocycles. The lowest BCUT2D eigenvalue weighted by Crippen LogP contribution is -2.44. The first-order valence-electron chi connectivity index (χ1n) is 10.7. The highest BCUT2D eigenvalue weighted by Gasteiger charge is 2.29. The Bertz CT molecular complexity index is 1190. The number of rotatable bonds is 6. The molecule has 31 heavy (non-hydrogen) atoms. The van der Waals surface area contributed by atoms with Gasteiger partial charge in [-0.25, -0.2) is 9.37 Å². The van der Waals surface area contributed by atoms with Gasteiger partial charge in [-0.15, -0.1) is 0 Å². The lowest BCUT2D eigenvalue weighted by Gasteiger charge is -2.34. The molecule has 8 nitrogen and oxygen atoms in total. The van der Waals surface area contributed by atoms with Crippen LogP contribution in [0.1, 0.15) is 30.1 Å². The summed E-state index contributed by atoms with van der Waals surface area (Å²) in [5, 5.41) is 3.57. The zero-order valence-corrected chi connectivity index (χ0v) is 17.2. The van der Waals surface area contributed by atoms with E-state index in [0.717, 1.165) is 44.6 Å². The highest BCUT2D eigenvalue weighted by molar-refractivity contribution is 5.71. The van der Waals surface area contributed by atoms with Crippen LogP contribution < -0.4 is 16.4 Å². The van der Waals surface area contributed by atoms with E-state index in [4.69, 9.17) is 0 Å². The maximum atomic E-state index is 12.6. The Balaban J connectivity index is 1.19. The van der Waals surface area contributed by atoms with Crippen LogP contribution in [-0.4, -0.2) is 49.7 Å². The second-order valence-corrected chi connectivity index (χ2v) is 8.36. The molecule has 0 radical (unpaired) electrons. The van der Waals surface area contributed by atoms with Crippen LogP contribution >= 0.6 is 0 Å². The molecule has 9 heteroatoms. The maximum Gasteiger partial charge on any atom is 0.270 e. The smallest absolute Gasteiger partial charge is 0.270 e. The van der Waals surface area contributed by atoms with E-state index in [1.165, 1.54) is 12.3 Å². The molecule has 3 aromatic rings. The van der Waals surface area contributed by atoms with Gasteiger partial charge in [0.25, 0.3) is 11.1 Å². The first-order valence-corrected chi connectivity index (χ1v) is 10.7. The lowest BCUT2D eigenvalue weighted by atomic mass is 10.0. The van der Waals surface area contributed by atoms with Gasteiger partial charge in [-0.05, 0) is 43.6 Å². The molecule has 1 atom stereocenters. The third-order valence-electron chi connectivity index (χ3n) is 6.35. The number of hydrogen-bond acceptors (Lipinski definition) is 6. The largest absolute Gasteiger partial charge is 0.310 e. The Morgan fingerprint density at radius 1 is 1.03 bits per heavy atom. The quantitative estimate of drug-likeness (QED) is 0.641. The molecule has 1 fully saturated rings. The Hall–Kier alpha value is -2.91. The first-order chi connectivity index (χ1) is 15.1. The number of nitrogens with zero attached hydrogens (tertiary/aromatic N) is 5.